The minimum Gasteiger partial charge on any atom is -0.497 e. The van der Waals surface area contributed by atoms with Crippen LogP contribution >= 0.6 is 0 Å². The topological polar surface area (TPSA) is 67.9 Å². The molecule has 130 valence electrons. The lowest BCUT2D eigenvalue weighted by atomic mass is 10.1. The summed E-state index contributed by atoms with van der Waals surface area (Å²) in [5, 5.41) is 0. The quantitative estimate of drug-likeness (QED) is 0.454. The minimum atomic E-state index is -0.222. The first kappa shape index (κ1) is 17.1. The average Bonchev–Trinajstić information content (AvgIpc) is 2.90. The second-order valence-electron chi connectivity index (χ2n) is 5.69. The number of nitrogens with zero attached hydrogens (tertiary/aromatic N) is 1. The van der Waals surface area contributed by atoms with Crippen molar-refractivity contribution in [3.8, 4) is 5.75 Å². The van der Waals surface area contributed by atoms with Gasteiger partial charge in [-0.2, -0.15) is 0 Å². The molecule has 1 aliphatic rings. The van der Waals surface area contributed by atoms with Crippen molar-refractivity contribution in [1.29, 1.82) is 0 Å². The van der Waals surface area contributed by atoms with Crippen LogP contribution in [0, 0.1) is 0 Å². The van der Waals surface area contributed by atoms with Crippen molar-refractivity contribution in [3.63, 3.8) is 0 Å². The molecular weight excluding hydrogens is 320 g/mol. The van der Waals surface area contributed by atoms with Gasteiger partial charge in [0.2, 0.25) is 0 Å². The summed E-state index contributed by atoms with van der Waals surface area (Å²) in [7, 11) is 1.63. The molecule has 6 nitrogen and oxygen atoms in total. The third-order valence-corrected chi connectivity index (χ3v) is 4.04. The van der Waals surface area contributed by atoms with Crippen LogP contribution in [0.3, 0.4) is 0 Å². The Morgan fingerprint density at radius 2 is 1.60 bits per heavy atom. The molecule has 0 radical (unpaired) electrons. The van der Waals surface area contributed by atoms with E-state index in [1.807, 2.05) is 24.3 Å². The van der Waals surface area contributed by atoms with Gasteiger partial charge < -0.3 is 4.74 Å². The number of rotatable bonds is 8. The second-order valence-corrected chi connectivity index (χ2v) is 5.69. The Balaban J connectivity index is 1.38. The first-order valence-electron chi connectivity index (χ1n) is 8.13. The Morgan fingerprint density at radius 1 is 0.960 bits per heavy atom. The van der Waals surface area contributed by atoms with Gasteiger partial charge in [-0.05, 0) is 36.2 Å². The van der Waals surface area contributed by atoms with Crippen LogP contribution in [0.25, 0.3) is 0 Å². The smallest absolute Gasteiger partial charge is 0.261 e. The van der Waals surface area contributed by atoms with E-state index >= 15 is 0 Å². The number of imide groups is 1. The number of hydroxylamine groups is 1. The van der Waals surface area contributed by atoms with E-state index in [9.17, 15) is 9.59 Å². The highest BCUT2D eigenvalue weighted by Crippen LogP contribution is 2.22. The molecule has 2 aromatic rings. The van der Waals surface area contributed by atoms with E-state index in [0.29, 0.717) is 37.2 Å². The van der Waals surface area contributed by atoms with Gasteiger partial charge in [-0.15, -0.1) is 0 Å². The lowest BCUT2D eigenvalue weighted by Gasteiger charge is -2.13. The highest BCUT2D eigenvalue weighted by Gasteiger charge is 2.34. The van der Waals surface area contributed by atoms with E-state index in [2.05, 4.69) is 5.48 Å². The fourth-order valence-corrected chi connectivity index (χ4v) is 2.68. The van der Waals surface area contributed by atoms with E-state index in [1.54, 1.807) is 31.4 Å². The van der Waals surface area contributed by atoms with Crippen molar-refractivity contribution in [2.45, 2.75) is 13.0 Å². The maximum absolute atomic E-state index is 12.2. The maximum atomic E-state index is 12.2. The highest BCUT2D eigenvalue weighted by atomic mass is 16.6. The first-order chi connectivity index (χ1) is 12.2. The summed E-state index contributed by atoms with van der Waals surface area (Å²) in [4.78, 5) is 31.1. The number of nitrogens with one attached hydrogen (secondary N) is 1. The number of hydrogen-bond acceptors (Lipinski definition) is 5. The lowest BCUT2D eigenvalue weighted by molar-refractivity contribution is 0.0259. The highest BCUT2D eigenvalue weighted by molar-refractivity contribution is 6.21. The van der Waals surface area contributed by atoms with Crippen LogP contribution in [0.5, 0.6) is 5.75 Å². The normalized spacial score (nSPS) is 13.2. The molecule has 1 N–H and O–H groups in total. The molecule has 0 aliphatic carbocycles. The van der Waals surface area contributed by atoms with Crippen LogP contribution in [0.4, 0.5) is 0 Å². The van der Waals surface area contributed by atoms with Crippen molar-refractivity contribution in [3.05, 3.63) is 65.2 Å². The molecule has 0 saturated carbocycles. The van der Waals surface area contributed by atoms with Crippen molar-refractivity contribution >= 4 is 11.8 Å². The molecule has 2 aromatic carbocycles. The predicted molar refractivity (Wildman–Crippen MR) is 92.2 cm³/mol. The molecular formula is C19H20N2O4. The largest absolute Gasteiger partial charge is 0.497 e. The molecule has 3 rings (SSSR count). The zero-order valence-corrected chi connectivity index (χ0v) is 14.0. The maximum Gasteiger partial charge on any atom is 0.261 e. The molecule has 0 unspecified atom stereocenters. The Kier molecular flexibility index (Phi) is 5.42. The molecule has 2 amide bonds. The Morgan fingerprint density at radius 3 is 2.20 bits per heavy atom. The van der Waals surface area contributed by atoms with Gasteiger partial charge >= 0.3 is 0 Å². The standard InChI is InChI=1S/C19H20N2O4/c1-24-15-9-7-14(8-10-15)13-25-20-11-4-12-21-18(22)16-5-2-3-6-17(16)19(21)23/h2-3,5-10,20H,4,11-13H2,1H3. The Hall–Kier alpha value is -2.70. The van der Waals surface area contributed by atoms with Gasteiger partial charge in [-0.25, -0.2) is 5.48 Å². The molecule has 1 aliphatic heterocycles. The van der Waals surface area contributed by atoms with Gasteiger partial charge in [-0.3, -0.25) is 19.3 Å². The number of fused-ring (bicyclic) bond motifs is 1. The zero-order valence-electron chi connectivity index (χ0n) is 14.0. The number of benzene rings is 2. The van der Waals surface area contributed by atoms with Gasteiger partial charge in [-0.1, -0.05) is 24.3 Å². The molecule has 0 spiro atoms. The first-order valence-corrected chi connectivity index (χ1v) is 8.13. The van der Waals surface area contributed by atoms with Crippen LogP contribution in [-0.4, -0.2) is 36.9 Å². The summed E-state index contributed by atoms with van der Waals surface area (Å²) in [6.45, 7) is 1.34. The Labute approximate surface area is 146 Å². The summed E-state index contributed by atoms with van der Waals surface area (Å²) in [5.74, 6) is 0.358. The van der Waals surface area contributed by atoms with E-state index in [-0.39, 0.29) is 11.8 Å². The van der Waals surface area contributed by atoms with Crippen LogP contribution in [0.15, 0.2) is 48.5 Å². The van der Waals surface area contributed by atoms with E-state index in [1.165, 1.54) is 4.90 Å². The number of carbonyl (C=O) groups is 2. The van der Waals surface area contributed by atoms with Crippen molar-refractivity contribution < 1.29 is 19.2 Å². The van der Waals surface area contributed by atoms with Gasteiger partial charge in [0, 0.05) is 13.1 Å². The third-order valence-electron chi connectivity index (χ3n) is 4.04. The molecule has 0 fully saturated rings. The van der Waals surface area contributed by atoms with Gasteiger partial charge in [0.25, 0.3) is 11.8 Å². The molecule has 25 heavy (non-hydrogen) atoms. The van der Waals surface area contributed by atoms with Crippen molar-refractivity contribution in [2.24, 2.45) is 0 Å². The number of carbonyl (C=O) groups excluding carboxylic acids is 2. The van der Waals surface area contributed by atoms with Crippen LogP contribution in [0.1, 0.15) is 32.7 Å². The van der Waals surface area contributed by atoms with Gasteiger partial charge in [0.15, 0.2) is 0 Å². The molecule has 0 bridgehead atoms. The predicted octanol–water partition coefficient (Wildman–Crippen LogP) is 2.40. The van der Waals surface area contributed by atoms with E-state index < -0.39 is 0 Å². The molecule has 0 atom stereocenters. The van der Waals surface area contributed by atoms with Crippen molar-refractivity contribution in [1.82, 2.24) is 10.4 Å². The SMILES string of the molecule is COc1ccc(CONCCCN2C(=O)c3ccccc3C2=O)cc1. The van der Waals surface area contributed by atoms with Crippen LogP contribution in [-0.2, 0) is 11.4 Å². The fourth-order valence-electron chi connectivity index (χ4n) is 2.68. The van der Waals surface area contributed by atoms with Gasteiger partial charge in [0.1, 0.15) is 5.75 Å². The summed E-state index contributed by atoms with van der Waals surface area (Å²) < 4.78 is 5.10. The molecule has 1 heterocycles. The summed E-state index contributed by atoms with van der Waals surface area (Å²) in [6, 6.07) is 14.5. The lowest BCUT2D eigenvalue weighted by Crippen LogP contribution is -2.32. The molecule has 0 saturated heterocycles. The molecule has 6 heteroatoms. The third kappa shape index (κ3) is 3.87. The van der Waals surface area contributed by atoms with E-state index in [0.717, 1.165) is 11.3 Å². The monoisotopic (exact) mass is 340 g/mol. The molecule has 0 aromatic heterocycles. The second kappa shape index (κ2) is 7.92. The number of amides is 2. The fraction of sp³-hybridized carbons (Fsp3) is 0.263. The van der Waals surface area contributed by atoms with E-state index in [4.69, 9.17) is 9.57 Å². The summed E-state index contributed by atoms with van der Waals surface area (Å²) in [5.41, 5.74) is 4.84. The van der Waals surface area contributed by atoms with Gasteiger partial charge in [0.05, 0.1) is 24.8 Å². The Bertz CT molecular complexity index is 723. The van der Waals surface area contributed by atoms with Crippen LogP contribution in [0.2, 0.25) is 0 Å². The number of ether oxygens (including phenoxy) is 1. The average molecular weight is 340 g/mol. The summed E-state index contributed by atoms with van der Waals surface area (Å²) >= 11 is 0. The minimum absolute atomic E-state index is 0.222. The summed E-state index contributed by atoms with van der Waals surface area (Å²) in [6.07, 6.45) is 0.619. The number of methoxy groups -OCH3 is 1. The number of hydrogen-bond donors (Lipinski definition) is 1. The van der Waals surface area contributed by atoms with Crippen LogP contribution < -0.4 is 10.2 Å². The van der Waals surface area contributed by atoms with Crippen molar-refractivity contribution in [2.75, 3.05) is 20.2 Å². The zero-order chi connectivity index (χ0) is 17.6.